The van der Waals surface area contributed by atoms with Crippen molar-refractivity contribution in [1.82, 2.24) is 0 Å². The van der Waals surface area contributed by atoms with Crippen molar-refractivity contribution in [3.8, 4) is 0 Å². The molecule has 508 valence electrons. The fourth-order valence-electron chi connectivity index (χ4n) is 11.7. The van der Waals surface area contributed by atoms with Gasteiger partial charge in [-0.25, -0.2) is 0 Å². The summed E-state index contributed by atoms with van der Waals surface area (Å²) in [6.07, 6.45) is 36.6. The van der Waals surface area contributed by atoms with Crippen LogP contribution in [0.4, 0.5) is 0 Å². The van der Waals surface area contributed by atoms with Crippen LogP contribution < -0.4 is 0 Å². The molecule has 0 aliphatic rings. The molecular formula is C95H128. The summed E-state index contributed by atoms with van der Waals surface area (Å²) in [6.45, 7) is 75.1. The first kappa shape index (κ1) is 85.0. The van der Waals surface area contributed by atoms with E-state index in [2.05, 4.69) is 274 Å². The zero-order valence-electron chi connectivity index (χ0n) is 63.3. The lowest BCUT2D eigenvalue weighted by atomic mass is 9.88. The summed E-state index contributed by atoms with van der Waals surface area (Å²) in [5, 5.41) is 0. The van der Waals surface area contributed by atoms with E-state index < -0.39 is 0 Å². The van der Waals surface area contributed by atoms with Gasteiger partial charge in [0.05, 0.1) is 0 Å². The van der Waals surface area contributed by atoms with E-state index >= 15 is 0 Å². The third-order valence-corrected chi connectivity index (χ3v) is 18.2. The fourth-order valence-corrected chi connectivity index (χ4v) is 11.7. The van der Waals surface area contributed by atoms with Gasteiger partial charge in [0, 0.05) is 0 Å². The highest BCUT2D eigenvalue weighted by Crippen LogP contribution is 2.27. The maximum Gasteiger partial charge on any atom is -0.00944 e. The number of hydrogen-bond donors (Lipinski definition) is 0. The average molecular weight is 1270 g/mol. The smallest absolute Gasteiger partial charge is 0.00944 e. The van der Waals surface area contributed by atoms with Crippen LogP contribution >= 0.6 is 0 Å². The van der Waals surface area contributed by atoms with Crippen LogP contribution in [0.3, 0.4) is 0 Å². The lowest BCUT2D eigenvalue weighted by Gasteiger charge is -2.18. The van der Waals surface area contributed by atoms with Crippen molar-refractivity contribution in [3.63, 3.8) is 0 Å². The van der Waals surface area contributed by atoms with E-state index in [9.17, 15) is 0 Å². The molecule has 0 N–H and O–H groups in total. The van der Waals surface area contributed by atoms with Crippen LogP contribution in [0, 0.1) is 96.9 Å². The third-order valence-electron chi connectivity index (χ3n) is 18.2. The van der Waals surface area contributed by atoms with Crippen LogP contribution in [-0.2, 0) is 83.5 Å². The molecule has 0 spiro atoms. The number of allylic oxidation sites excluding steroid dienone is 10. The number of aryl methyl sites for hydroxylation is 13. The van der Waals surface area contributed by atoms with Crippen molar-refractivity contribution >= 4 is 0 Å². The molecule has 0 saturated heterocycles. The van der Waals surface area contributed by atoms with Gasteiger partial charge in [0.15, 0.2) is 0 Å². The molecule has 0 fully saturated rings. The van der Waals surface area contributed by atoms with Crippen molar-refractivity contribution in [3.05, 3.63) is 368 Å². The molecule has 0 aliphatic carbocycles. The van der Waals surface area contributed by atoms with Crippen LogP contribution in [0.15, 0.2) is 218 Å². The summed E-state index contributed by atoms with van der Waals surface area (Å²) < 4.78 is 0. The largest absolute Gasteiger partial charge is 0.103 e. The molecule has 0 bridgehead atoms. The van der Waals surface area contributed by atoms with Gasteiger partial charge in [-0.05, 0) is 331 Å². The first-order valence-electron chi connectivity index (χ1n) is 35.1. The second kappa shape index (κ2) is 47.8. The quantitative estimate of drug-likeness (QED) is 0.0474. The topological polar surface area (TPSA) is 0 Å². The summed E-state index contributed by atoms with van der Waals surface area (Å²) in [5.74, 6) is 0. The molecule has 0 atom stereocenters. The van der Waals surface area contributed by atoms with Crippen molar-refractivity contribution in [1.29, 1.82) is 0 Å². The van der Waals surface area contributed by atoms with E-state index in [0.29, 0.717) is 0 Å². The fraction of sp³-hybridized carbons (Fsp3) is 0.347. The molecule has 95 heavy (non-hydrogen) atoms. The van der Waals surface area contributed by atoms with Crippen molar-refractivity contribution in [2.45, 2.75) is 220 Å². The van der Waals surface area contributed by atoms with Crippen LogP contribution in [0.1, 0.15) is 190 Å². The first-order chi connectivity index (χ1) is 45.4. The number of rotatable bonds is 26. The molecule has 0 radical (unpaired) electrons. The summed E-state index contributed by atoms with van der Waals surface area (Å²) in [5.41, 5.74) is 38.0. The van der Waals surface area contributed by atoms with Gasteiger partial charge in [-0.2, -0.15) is 0 Å². The summed E-state index contributed by atoms with van der Waals surface area (Å²) in [6, 6.07) is 33.3. The van der Waals surface area contributed by atoms with Crippen molar-refractivity contribution in [2.24, 2.45) is 0 Å². The Balaban J connectivity index is 0.000000556. The number of hydrogen-bond acceptors (Lipinski definition) is 0. The predicted octanol–water partition coefficient (Wildman–Crippen LogP) is 26.3. The molecule has 7 aromatic carbocycles. The lowest BCUT2D eigenvalue weighted by molar-refractivity contribution is 0.894. The molecule has 7 aromatic rings. The van der Waals surface area contributed by atoms with E-state index in [4.69, 9.17) is 0 Å². The van der Waals surface area contributed by atoms with Gasteiger partial charge >= 0.3 is 0 Å². The zero-order valence-corrected chi connectivity index (χ0v) is 63.3. The van der Waals surface area contributed by atoms with Crippen molar-refractivity contribution in [2.75, 3.05) is 0 Å². The molecule has 0 aliphatic heterocycles. The molecule has 0 saturated carbocycles. The summed E-state index contributed by atoms with van der Waals surface area (Å²) in [4.78, 5) is 0. The van der Waals surface area contributed by atoms with E-state index in [1.807, 2.05) is 60.8 Å². The minimum atomic E-state index is 0.949. The third kappa shape index (κ3) is 29.2. The Morgan fingerprint density at radius 1 is 0.221 bits per heavy atom. The summed E-state index contributed by atoms with van der Waals surface area (Å²) in [7, 11) is 0. The minimum absolute atomic E-state index is 0.949. The van der Waals surface area contributed by atoms with Gasteiger partial charge in [0.1, 0.15) is 0 Å². The van der Waals surface area contributed by atoms with Gasteiger partial charge in [-0.3, -0.25) is 0 Å². The predicted molar refractivity (Wildman–Crippen MR) is 432 cm³/mol. The Bertz CT molecular complexity index is 3540. The molecule has 0 heterocycles. The van der Waals surface area contributed by atoms with Gasteiger partial charge < -0.3 is 0 Å². The number of benzene rings is 7. The molecule has 0 nitrogen and oxygen atoms in total. The van der Waals surface area contributed by atoms with Crippen LogP contribution in [-0.4, -0.2) is 0 Å². The van der Waals surface area contributed by atoms with Crippen LogP contribution in [0.2, 0.25) is 0 Å². The Morgan fingerprint density at radius 2 is 0.537 bits per heavy atom. The second-order valence-corrected chi connectivity index (χ2v) is 25.6. The van der Waals surface area contributed by atoms with E-state index in [1.54, 1.807) is 0 Å². The maximum absolute atomic E-state index is 3.88. The lowest BCUT2D eigenvalue weighted by Crippen LogP contribution is -2.04. The van der Waals surface area contributed by atoms with Gasteiger partial charge in [0.2, 0.25) is 0 Å². The van der Waals surface area contributed by atoms with Crippen LogP contribution in [0.25, 0.3) is 0 Å². The Morgan fingerprint density at radius 3 is 0.979 bits per heavy atom. The van der Waals surface area contributed by atoms with Gasteiger partial charge in [-0.15, -0.1) is 65.8 Å². The molecule has 0 heteroatoms. The second-order valence-electron chi connectivity index (χ2n) is 25.6. The average Bonchev–Trinajstić information content (AvgIpc) is 1.22. The van der Waals surface area contributed by atoms with Gasteiger partial charge in [0.25, 0.3) is 0 Å². The zero-order chi connectivity index (χ0) is 71.6. The normalized spacial score (nSPS) is 9.99. The maximum atomic E-state index is 3.88. The molecule has 0 unspecified atom stereocenters. The van der Waals surface area contributed by atoms with Crippen molar-refractivity contribution < 1.29 is 0 Å². The minimum Gasteiger partial charge on any atom is -0.103 e. The highest BCUT2D eigenvalue weighted by atomic mass is 14.2. The van der Waals surface area contributed by atoms with Crippen LogP contribution in [0.5, 0.6) is 0 Å². The standard InChI is InChI=1S/C17H24.C14H20.C14H18.C14H20.C14H18.2C11H14/c1-6-9-15-12-13(4)14(5)16(10-7-2)17(15)11-8-3;2*1-5-7-13-9-11(3)12(4)10-14(13)8-6-2;2*1-5-7-13-10-9-11(3)12(4)14(13)8-6-2;1-4-6-11-8-5-7-9(2)10(11)3;1-4-5-11-7-6-9(2)10(3)8-11/h7-8,12H,2-3,6,9-11H2,1,4-5H3;5,9-10H,1,6-8H2,2-4H3;5-6,9-10H,1-2,7-8H2,3-4H3;6,9-10H,2,5,7-8H2,1,3-4H3;5-6,9-10H,1-2,7-8H2,3-4H3;4-5,7-8H,1,6H2,2-3H3;4,6-8H,1,5H2,2-3H3. The van der Waals surface area contributed by atoms with E-state index in [-0.39, 0.29) is 0 Å². The Labute approximate surface area is 584 Å². The molecular weight excluding hydrogens is 1140 g/mol. The SMILES string of the molecule is C=CCc1c(CCC)cc(C)c(C)c1CC=C.C=CCc1c(CCC)ccc(C)c1C.C=CCc1cc(C)c(C)cc1CC=C.C=CCc1cc(C)c(C)cc1CCC.C=CCc1ccc(C)c(C)c1.C=CCc1ccc(C)c(C)c1CC=C.C=CCc1cccc(C)c1C. The molecule has 0 aromatic heterocycles. The van der Waals surface area contributed by atoms with Gasteiger partial charge in [-0.1, -0.05) is 192 Å². The first-order valence-corrected chi connectivity index (χ1v) is 35.1. The van der Waals surface area contributed by atoms with E-state index in [0.717, 1.165) is 70.6 Å². The molecule has 0 amide bonds. The molecule has 7 rings (SSSR count). The monoisotopic (exact) mass is 1270 g/mol. The highest BCUT2D eigenvalue weighted by Gasteiger charge is 2.12. The Kier molecular flexibility index (Phi) is 42.7. The highest BCUT2D eigenvalue weighted by molar-refractivity contribution is 5.48. The summed E-state index contributed by atoms with van der Waals surface area (Å²) >= 11 is 0. The Hall–Kier alpha value is -8.06. The van der Waals surface area contributed by atoms with E-state index in [1.165, 1.54) is 182 Å².